The number of hydrogen-bond donors (Lipinski definition) is 2. The number of aromatic amines is 1. The van der Waals surface area contributed by atoms with Crippen molar-refractivity contribution in [2.24, 2.45) is 0 Å². The van der Waals surface area contributed by atoms with E-state index in [1.54, 1.807) is 44.6 Å². The third-order valence-electron chi connectivity index (χ3n) is 3.48. The maximum absolute atomic E-state index is 11.4. The lowest BCUT2D eigenvalue weighted by molar-refractivity contribution is 0.0699. The van der Waals surface area contributed by atoms with Crippen molar-refractivity contribution in [1.29, 1.82) is 0 Å². The number of benzene rings is 2. The molecule has 2 N–H and O–H groups in total. The highest BCUT2D eigenvalue weighted by Gasteiger charge is 2.17. The van der Waals surface area contributed by atoms with Gasteiger partial charge in [0.1, 0.15) is 5.69 Å². The Bertz CT molecular complexity index is 854. The number of carboxylic acid groups (broad SMARTS) is 1. The molecule has 1 aromatic heterocycles. The first-order chi connectivity index (χ1) is 10.7. The maximum Gasteiger partial charge on any atom is 0.336 e. The van der Waals surface area contributed by atoms with E-state index >= 15 is 0 Å². The van der Waals surface area contributed by atoms with Crippen LogP contribution in [0.15, 0.2) is 36.4 Å². The fourth-order valence-corrected chi connectivity index (χ4v) is 2.44. The van der Waals surface area contributed by atoms with Crippen LogP contribution in [0, 0.1) is 0 Å². The summed E-state index contributed by atoms with van der Waals surface area (Å²) in [6.45, 7) is 0. The Hall–Kier alpha value is -3.02. The Labute approximate surface area is 126 Å². The van der Waals surface area contributed by atoms with Gasteiger partial charge < -0.3 is 14.6 Å². The van der Waals surface area contributed by atoms with Crippen LogP contribution >= 0.6 is 0 Å². The minimum atomic E-state index is -0.992. The lowest BCUT2D eigenvalue weighted by Crippen LogP contribution is -1.97. The highest BCUT2D eigenvalue weighted by Crippen LogP contribution is 2.35. The van der Waals surface area contributed by atoms with E-state index in [0.29, 0.717) is 28.1 Å². The Balaban J connectivity index is 2.25. The standard InChI is InChI=1S/C16H14N2O4/c1-21-12-7-6-9(8-13(12)22-2)15-14-10(16(19)20)4-3-5-11(14)17-18-15/h3-8H,1-2H3,(H,17,18)(H,19,20). The van der Waals surface area contributed by atoms with E-state index in [2.05, 4.69) is 10.2 Å². The second-order valence-electron chi connectivity index (χ2n) is 4.68. The number of nitrogens with zero attached hydrogens (tertiary/aromatic N) is 1. The molecule has 0 saturated carbocycles. The molecule has 22 heavy (non-hydrogen) atoms. The molecule has 3 rings (SSSR count). The fraction of sp³-hybridized carbons (Fsp3) is 0.125. The van der Waals surface area contributed by atoms with Gasteiger partial charge in [0.15, 0.2) is 11.5 Å². The SMILES string of the molecule is COc1ccc(-c2n[nH]c3cccc(C(=O)O)c23)cc1OC. The third-order valence-corrected chi connectivity index (χ3v) is 3.48. The van der Waals surface area contributed by atoms with Crippen molar-refractivity contribution in [1.82, 2.24) is 10.2 Å². The van der Waals surface area contributed by atoms with Gasteiger partial charge in [0.2, 0.25) is 0 Å². The predicted molar refractivity (Wildman–Crippen MR) is 81.6 cm³/mol. The van der Waals surface area contributed by atoms with Crippen LogP contribution in [0.4, 0.5) is 0 Å². The number of carbonyl (C=O) groups is 1. The van der Waals surface area contributed by atoms with Crippen LogP contribution in [0.1, 0.15) is 10.4 Å². The Morgan fingerprint density at radius 2 is 1.91 bits per heavy atom. The summed E-state index contributed by atoms with van der Waals surface area (Å²) in [5.41, 5.74) is 2.19. The van der Waals surface area contributed by atoms with E-state index in [9.17, 15) is 9.90 Å². The second kappa shape index (κ2) is 5.40. The molecule has 0 aliphatic rings. The van der Waals surface area contributed by atoms with E-state index in [-0.39, 0.29) is 5.56 Å². The van der Waals surface area contributed by atoms with Gasteiger partial charge in [-0.05, 0) is 30.3 Å². The van der Waals surface area contributed by atoms with Crippen molar-refractivity contribution in [3.63, 3.8) is 0 Å². The van der Waals surface area contributed by atoms with E-state index in [1.807, 2.05) is 6.07 Å². The van der Waals surface area contributed by atoms with Gasteiger partial charge in [0, 0.05) is 10.9 Å². The van der Waals surface area contributed by atoms with Crippen molar-refractivity contribution in [3.8, 4) is 22.8 Å². The highest BCUT2D eigenvalue weighted by atomic mass is 16.5. The number of aromatic carboxylic acids is 1. The van der Waals surface area contributed by atoms with Crippen LogP contribution in [-0.4, -0.2) is 35.5 Å². The number of aromatic nitrogens is 2. The monoisotopic (exact) mass is 298 g/mol. The van der Waals surface area contributed by atoms with Crippen molar-refractivity contribution >= 4 is 16.9 Å². The van der Waals surface area contributed by atoms with Crippen molar-refractivity contribution < 1.29 is 19.4 Å². The van der Waals surface area contributed by atoms with Gasteiger partial charge in [0.05, 0.1) is 25.3 Å². The van der Waals surface area contributed by atoms with Crippen LogP contribution in [-0.2, 0) is 0 Å². The van der Waals surface area contributed by atoms with Crippen LogP contribution < -0.4 is 9.47 Å². The molecule has 0 fully saturated rings. The average Bonchev–Trinajstić information content (AvgIpc) is 2.97. The number of rotatable bonds is 4. The molecular weight excluding hydrogens is 284 g/mol. The molecule has 0 spiro atoms. The van der Waals surface area contributed by atoms with Gasteiger partial charge in [-0.15, -0.1) is 0 Å². The van der Waals surface area contributed by atoms with Gasteiger partial charge in [-0.25, -0.2) is 4.79 Å². The first-order valence-electron chi connectivity index (χ1n) is 6.58. The van der Waals surface area contributed by atoms with E-state index in [4.69, 9.17) is 9.47 Å². The van der Waals surface area contributed by atoms with Crippen LogP contribution in [0.3, 0.4) is 0 Å². The molecule has 6 heteroatoms. The highest BCUT2D eigenvalue weighted by molar-refractivity contribution is 6.08. The molecule has 0 aliphatic carbocycles. The van der Waals surface area contributed by atoms with E-state index in [0.717, 1.165) is 5.56 Å². The minimum Gasteiger partial charge on any atom is -0.493 e. The summed E-state index contributed by atoms with van der Waals surface area (Å²) in [4.78, 5) is 11.4. The maximum atomic E-state index is 11.4. The Morgan fingerprint density at radius 3 is 2.59 bits per heavy atom. The molecule has 112 valence electrons. The molecule has 0 aliphatic heterocycles. The average molecular weight is 298 g/mol. The molecule has 3 aromatic rings. The lowest BCUT2D eigenvalue weighted by atomic mass is 10.0. The van der Waals surface area contributed by atoms with Crippen molar-refractivity contribution in [3.05, 3.63) is 42.0 Å². The zero-order valence-corrected chi connectivity index (χ0v) is 12.1. The van der Waals surface area contributed by atoms with Crippen LogP contribution in [0.5, 0.6) is 11.5 Å². The molecule has 1 heterocycles. The van der Waals surface area contributed by atoms with Crippen molar-refractivity contribution in [2.75, 3.05) is 14.2 Å². The second-order valence-corrected chi connectivity index (χ2v) is 4.68. The minimum absolute atomic E-state index is 0.205. The predicted octanol–water partition coefficient (Wildman–Crippen LogP) is 2.95. The normalized spacial score (nSPS) is 10.6. The van der Waals surface area contributed by atoms with Gasteiger partial charge >= 0.3 is 5.97 Å². The zero-order valence-electron chi connectivity index (χ0n) is 12.1. The lowest BCUT2D eigenvalue weighted by Gasteiger charge is -2.09. The summed E-state index contributed by atoms with van der Waals surface area (Å²) in [6.07, 6.45) is 0. The number of hydrogen-bond acceptors (Lipinski definition) is 4. The smallest absolute Gasteiger partial charge is 0.336 e. The molecule has 0 saturated heterocycles. The summed E-state index contributed by atoms with van der Waals surface area (Å²) in [5, 5.41) is 17.1. The number of H-pyrrole nitrogens is 1. The van der Waals surface area contributed by atoms with Gasteiger partial charge in [-0.2, -0.15) is 5.10 Å². The quantitative estimate of drug-likeness (QED) is 0.773. The topological polar surface area (TPSA) is 84.4 Å². The van der Waals surface area contributed by atoms with E-state index < -0.39 is 5.97 Å². The summed E-state index contributed by atoms with van der Waals surface area (Å²) < 4.78 is 10.5. The van der Waals surface area contributed by atoms with Crippen LogP contribution in [0.2, 0.25) is 0 Å². The summed E-state index contributed by atoms with van der Waals surface area (Å²) in [5.74, 6) is 0.169. The summed E-state index contributed by atoms with van der Waals surface area (Å²) in [6, 6.07) is 10.4. The molecular formula is C16H14N2O4. The summed E-state index contributed by atoms with van der Waals surface area (Å²) in [7, 11) is 3.11. The number of nitrogens with one attached hydrogen (secondary N) is 1. The van der Waals surface area contributed by atoms with Crippen molar-refractivity contribution in [2.45, 2.75) is 0 Å². The number of methoxy groups -OCH3 is 2. The first-order valence-corrected chi connectivity index (χ1v) is 6.58. The van der Waals surface area contributed by atoms with Gasteiger partial charge in [-0.3, -0.25) is 5.10 Å². The molecule has 0 radical (unpaired) electrons. The summed E-state index contributed by atoms with van der Waals surface area (Å²) >= 11 is 0. The molecule has 0 bridgehead atoms. The number of carboxylic acids is 1. The molecule has 0 unspecified atom stereocenters. The first kappa shape index (κ1) is 13.9. The fourth-order valence-electron chi connectivity index (χ4n) is 2.44. The number of fused-ring (bicyclic) bond motifs is 1. The zero-order chi connectivity index (χ0) is 15.7. The van der Waals surface area contributed by atoms with E-state index in [1.165, 1.54) is 0 Å². The number of ether oxygens (including phenoxy) is 2. The molecule has 6 nitrogen and oxygen atoms in total. The Morgan fingerprint density at radius 1 is 1.14 bits per heavy atom. The van der Waals surface area contributed by atoms with Gasteiger partial charge in [0.25, 0.3) is 0 Å². The molecule has 0 atom stereocenters. The van der Waals surface area contributed by atoms with Crippen LogP contribution in [0.25, 0.3) is 22.2 Å². The largest absolute Gasteiger partial charge is 0.493 e. The Kier molecular flexibility index (Phi) is 3.42. The molecule has 2 aromatic carbocycles. The third kappa shape index (κ3) is 2.14. The van der Waals surface area contributed by atoms with Gasteiger partial charge in [-0.1, -0.05) is 6.07 Å². The molecule has 0 amide bonds.